The van der Waals surface area contributed by atoms with E-state index in [-0.39, 0.29) is 6.61 Å². The predicted octanol–water partition coefficient (Wildman–Crippen LogP) is 1.53. The van der Waals surface area contributed by atoms with Crippen molar-refractivity contribution in [3.8, 4) is 0 Å². The molecule has 0 aliphatic rings. The molecule has 2 N–H and O–H groups in total. The van der Waals surface area contributed by atoms with Gasteiger partial charge < -0.3 is 19.7 Å². The van der Waals surface area contributed by atoms with Crippen LogP contribution in [0.25, 0.3) is 0 Å². The Bertz CT molecular complexity index is 340. The van der Waals surface area contributed by atoms with Crippen molar-refractivity contribution in [1.82, 2.24) is 0 Å². The summed E-state index contributed by atoms with van der Waals surface area (Å²) in [6, 6.07) is 8.04. The number of hydrogen-bond acceptors (Lipinski definition) is 4. The maximum absolute atomic E-state index is 9.73. The van der Waals surface area contributed by atoms with Gasteiger partial charge in [0.1, 0.15) is 0 Å². The van der Waals surface area contributed by atoms with Gasteiger partial charge in [0, 0.05) is 6.42 Å². The van der Waals surface area contributed by atoms with E-state index in [0.717, 1.165) is 11.1 Å². The van der Waals surface area contributed by atoms with Crippen LogP contribution in [0.4, 0.5) is 0 Å². The van der Waals surface area contributed by atoms with Crippen LogP contribution in [-0.4, -0.2) is 42.2 Å². The molecule has 0 amide bonds. The van der Waals surface area contributed by atoms with Crippen molar-refractivity contribution >= 4 is 0 Å². The summed E-state index contributed by atoms with van der Waals surface area (Å²) in [7, 11) is 0. The summed E-state index contributed by atoms with van der Waals surface area (Å²) in [5.41, 5.74) is 1.53. The van der Waals surface area contributed by atoms with Gasteiger partial charge in [-0.05, 0) is 25.0 Å². The summed E-state index contributed by atoms with van der Waals surface area (Å²) in [5, 5.41) is 18.3. The molecule has 0 saturated heterocycles. The summed E-state index contributed by atoms with van der Waals surface area (Å²) in [4.78, 5) is 0. The lowest BCUT2D eigenvalue weighted by Crippen LogP contribution is -2.21. The van der Waals surface area contributed by atoms with E-state index in [2.05, 4.69) is 0 Å². The Labute approximate surface area is 115 Å². The summed E-state index contributed by atoms with van der Waals surface area (Å²) in [6.45, 7) is 5.57. The first kappa shape index (κ1) is 16.1. The molecular weight excluding hydrogens is 244 g/mol. The first-order valence-corrected chi connectivity index (χ1v) is 6.58. The minimum Gasteiger partial charge on any atom is -0.394 e. The Morgan fingerprint density at radius 1 is 0.947 bits per heavy atom. The standard InChI is InChI=1S/C15H24O4/c1-15(2,17)11-13-3-5-14(6-4-13)12-19-10-9-18-8-7-16/h3-6,16-17H,7-12H2,1-2H3. The third-order valence-electron chi connectivity index (χ3n) is 2.54. The minimum absolute atomic E-state index is 0.0443. The topological polar surface area (TPSA) is 58.9 Å². The summed E-state index contributed by atoms with van der Waals surface area (Å²) < 4.78 is 10.5. The first-order chi connectivity index (χ1) is 9.01. The zero-order chi connectivity index (χ0) is 14.1. The fourth-order valence-corrected chi connectivity index (χ4v) is 1.73. The molecule has 0 radical (unpaired) electrons. The van der Waals surface area contributed by atoms with Crippen LogP contribution in [0.3, 0.4) is 0 Å². The summed E-state index contributed by atoms with van der Waals surface area (Å²) in [6.07, 6.45) is 0.642. The van der Waals surface area contributed by atoms with Gasteiger partial charge in [0.25, 0.3) is 0 Å². The lowest BCUT2D eigenvalue weighted by Gasteiger charge is -2.17. The van der Waals surface area contributed by atoms with Crippen LogP contribution in [0, 0.1) is 0 Å². The van der Waals surface area contributed by atoms with Gasteiger partial charge in [-0.3, -0.25) is 0 Å². The highest BCUT2D eigenvalue weighted by molar-refractivity contribution is 5.23. The van der Waals surface area contributed by atoms with Gasteiger partial charge in [-0.1, -0.05) is 24.3 Å². The average Bonchev–Trinajstić information content (AvgIpc) is 2.34. The highest BCUT2D eigenvalue weighted by Gasteiger charge is 2.12. The van der Waals surface area contributed by atoms with Crippen molar-refractivity contribution in [1.29, 1.82) is 0 Å². The minimum atomic E-state index is -0.679. The maximum atomic E-state index is 9.73. The fraction of sp³-hybridized carbons (Fsp3) is 0.600. The number of rotatable bonds is 9. The molecule has 0 unspecified atom stereocenters. The predicted molar refractivity (Wildman–Crippen MR) is 74.0 cm³/mol. The SMILES string of the molecule is CC(C)(O)Cc1ccc(COCCOCCO)cc1. The third kappa shape index (κ3) is 7.95. The third-order valence-corrected chi connectivity index (χ3v) is 2.54. The summed E-state index contributed by atoms with van der Waals surface area (Å²) >= 11 is 0. The monoisotopic (exact) mass is 268 g/mol. The average molecular weight is 268 g/mol. The van der Waals surface area contributed by atoms with Crippen LogP contribution >= 0.6 is 0 Å². The lowest BCUT2D eigenvalue weighted by molar-refractivity contribution is 0.0274. The Morgan fingerprint density at radius 3 is 2.11 bits per heavy atom. The van der Waals surface area contributed by atoms with Crippen LogP contribution in [0.15, 0.2) is 24.3 Å². The van der Waals surface area contributed by atoms with E-state index in [1.165, 1.54) is 0 Å². The Hall–Kier alpha value is -0.940. The second kappa shape index (κ2) is 8.27. The van der Waals surface area contributed by atoms with Gasteiger partial charge in [0.2, 0.25) is 0 Å². The second-order valence-corrected chi connectivity index (χ2v) is 5.19. The van der Waals surface area contributed by atoms with Crippen molar-refractivity contribution in [2.75, 3.05) is 26.4 Å². The molecule has 0 fully saturated rings. The van der Waals surface area contributed by atoms with Gasteiger partial charge in [-0.2, -0.15) is 0 Å². The van der Waals surface area contributed by atoms with Gasteiger partial charge in [-0.25, -0.2) is 0 Å². The molecule has 19 heavy (non-hydrogen) atoms. The smallest absolute Gasteiger partial charge is 0.0718 e. The van der Waals surface area contributed by atoms with Crippen molar-refractivity contribution in [3.63, 3.8) is 0 Å². The van der Waals surface area contributed by atoms with E-state index in [1.54, 1.807) is 13.8 Å². The highest BCUT2D eigenvalue weighted by atomic mass is 16.5. The molecule has 0 saturated carbocycles. The van der Waals surface area contributed by atoms with Crippen LogP contribution in [0.5, 0.6) is 0 Å². The fourth-order valence-electron chi connectivity index (χ4n) is 1.73. The number of ether oxygens (including phenoxy) is 2. The van der Waals surface area contributed by atoms with Crippen molar-refractivity contribution < 1.29 is 19.7 Å². The van der Waals surface area contributed by atoms with E-state index in [4.69, 9.17) is 14.6 Å². The molecule has 1 aromatic carbocycles. The zero-order valence-corrected chi connectivity index (χ0v) is 11.8. The van der Waals surface area contributed by atoms with Gasteiger partial charge in [0.05, 0.1) is 38.6 Å². The number of aliphatic hydroxyl groups excluding tert-OH is 1. The molecule has 0 aliphatic heterocycles. The van der Waals surface area contributed by atoms with Crippen LogP contribution < -0.4 is 0 Å². The Kier molecular flexibility index (Phi) is 7.02. The first-order valence-electron chi connectivity index (χ1n) is 6.58. The quantitative estimate of drug-likeness (QED) is 0.667. The normalized spacial score (nSPS) is 11.8. The molecule has 108 valence electrons. The van der Waals surface area contributed by atoms with Crippen molar-refractivity contribution in [2.24, 2.45) is 0 Å². The Balaban J connectivity index is 2.25. The van der Waals surface area contributed by atoms with Crippen LogP contribution in [0.1, 0.15) is 25.0 Å². The van der Waals surface area contributed by atoms with E-state index in [9.17, 15) is 5.11 Å². The molecular formula is C15H24O4. The molecule has 1 aromatic rings. The molecule has 0 atom stereocenters. The molecule has 0 aliphatic carbocycles. The van der Waals surface area contributed by atoms with Crippen molar-refractivity contribution in [2.45, 2.75) is 32.5 Å². The van der Waals surface area contributed by atoms with Gasteiger partial charge in [-0.15, -0.1) is 0 Å². The molecule has 0 heterocycles. The van der Waals surface area contributed by atoms with E-state index in [0.29, 0.717) is 32.8 Å². The van der Waals surface area contributed by atoms with E-state index in [1.807, 2.05) is 24.3 Å². The molecule has 0 aromatic heterocycles. The van der Waals surface area contributed by atoms with E-state index < -0.39 is 5.60 Å². The number of benzene rings is 1. The van der Waals surface area contributed by atoms with Gasteiger partial charge in [0.15, 0.2) is 0 Å². The second-order valence-electron chi connectivity index (χ2n) is 5.19. The van der Waals surface area contributed by atoms with Crippen molar-refractivity contribution in [3.05, 3.63) is 35.4 Å². The zero-order valence-electron chi connectivity index (χ0n) is 11.8. The number of hydrogen-bond donors (Lipinski definition) is 2. The summed E-state index contributed by atoms with van der Waals surface area (Å²) in [5.74, 6) is 0. The maximum Gasteiger partial charge on any atom is 0.0718 e. The van der Waals surface area contributed by atoms with Gasteiger partial charge >= 0.3 is 0 Å². The molecule has 0 bridgehead atoms. The molecule has 1 rings (SSSR count). The lowest BCUT2D eigenvalue weighted by atomic mass is 9.98. The van der Waals surface area contributed by atoms with Crippen LogP contribution in [0.2, 0.25) is 0 Å². The molecule has 0 spiro atoms. The van der Waals surface area contributed by atoms with E-state index >= 15 is 0 Å². The molecule has 4 nitrogen and oxygen atoms in total. The number of aliphatic hydroxyl groups is 2. The Morgan fingerprint density at radius 2 is 1.53 bits per heavy atom. The van der Waals surface area contributed by atoms with Crippen LogP contribution in [-0.2, 0) is 22.5 Å². The highest BCUT2D eigenvalue weighted by Crippen LogP contribution is 2.13. The largest absolute Gasteiger partial charge is 0.394 e. The molecule has 4 heteroatoms.